The van der Waals surface area contributed by atoms with Crippen molar-refractivity contribution in [2.45, 2.75) is 26.4 Å². The van der Waals surface area contributed by atoms with Crippen molar-refractivity contribution in [3.05, 3.63) is 33.8 Å². The van der Waals surface area contributed by atoms with Gasteiger partial charge in [-0.2, -0.15) is 0 Å². The van der Waals surface area contributed by atoms with E-state index >= 15 is 0 Å². The molecule has 1 unspecified atom stereocenters. The van der Waals surface area contributed by atoms with E-state index in [0.717, 1.165) is 0 Å². The van der Waals surface area contributed by atoms with Gasteiger partial charge < -0.3 is 10.2 Å². The van der Waals surface area contributed by atoms with Crippen molar-refractivity contribution in [1.82, 2.24) is 0 Å². The Labute approximate surface area is 110 Å². The lowest BCUT2D eigenvalue weighted by atomic mass is 9.72. The van der Waals surface area contributed by atoms with Crippen LogP contribution in [0.2, 0.25) is 10.0 Å². The highest BCUT2D eigenvalue weighted by atomic mass is 35.5. The third-order valence-corrected chi connectivity index (χ3v) is 3.76. The minimum atomic E-state index is -1.60. The number of carboxylic acid groups (broad SMARTS) is 1. The third-order valence-electron chi connectivity index (χ3n) is 3.21. The molecule has 0 saturated heterocycles. The monoisotopic (exact) mass is 276 g/mol. The number of hydrogen-bond acceptors (Lipinski definition) is 2. The van der Waals surface area contributed by atoms with Crippen LogP contribution < -0.4 is 0 Å². The third kappa shape index (κ3) is 2.41. The van der Waals surface area contributed by atoms with Crippen LogP contribution in [0.4, 0.5) is 0 Å². The Hall–Kier alpha value is -0.770. The second kappa shape index (κ2) is 4.48. The highest BCUT2D eigenvalue weighted by molar-refractivity contribution is 6.35. The van der Waals surface area contributed by atoms with Crippen LogP contribution in [0, 0.1) is 5.41 Å². The van der Waals surface area contributed by atoms with E-state index in [1.165, 1.54) is 32.9 Å². The first kappa shape index (κ1) is 14.3. The fraction of sp³-hybridized carbons (Fsp3) is 0.417. The van der Waals surface area contributed by atoms with E-state index in [0.29, 0.717) is 10.6 Å². The van der Waals surface area contributed by atoms with Gasteiger partial charge in [0.2, 0.25) is 0 Å². The molecule has 0 saturated carbocycles. The van der Waals surface area contributed by atoms with Crippen LogP contribution in [0.25, 0.3) is 0 Å². The number of halogens is 2. The summed E-state index contributed by atoms with van der Waals surface area (Å²) in [6.07, 6.45) is 0. The summed E-state index contributed by atoms with van der Waals surface area (Å²) in [6, 6.07) is 4.58. The molecule has 0 radical (unpaired) electrons. The van der Waals surface area contributed by atoms with Crippen molar-refractivity contribution in [1.29, 1.82) is 0 Å². The van der Waals surface area contributed by atoms with Crippen molar-refractivity contribution >= 4 is 29.2 Å². The molecule has 94 valence electrons. The summed E-state index contributed by atoms with van der Waals surface area (Å²) in [4.78, 5) is 11.2. The van der Waals surface area contributed by atoms with E-state index in [1.807, 2.05) is 0 Å². The van der Waals surface area contributed by atoms with Crippen LogP contribution in [0.3, 0.4) is 0 Å². The number of hydrogen-bond donors (Lipinski definition) is 2. The van der Waals surface area contributed by atoms with E-state index in [9.17, 15) is 9.90 Å². The lowest BCUT2D eigenvalue weighted by Crippen LogP contribution is -2.45. The van der Waals surface area contributed by atoms with E-state index < -0.39 is 17.0 Å². The Morgan fingerprint density at radius 3 is 2.18 bits per heavy atom. The van der Waals surface area contributed by atoms with E-state index in [2.05, 4.69) is 0 Å². The minimum Gasteiger partial charge on any atom is -0.481 e. The van der Waals surface area contributed by atoms with E-state index in [4.69, 9.17) is 28.3 Å². The van der Waals surface area contributed by atoms with Crippen LogP contribution in [-0.2, 0) is 10.4 Å². The van der Waals surface area contributed by atoms with Crippen molar-refractivity contribution in [2.24, 2.45) is 5.41 Å². The van der Waals surface area contributed by atoms with Crippen LogP contribution in [0.5, 0.6) is 0 Å². The molecule has 2 N–H and O–H groups in total. The molecular formula is C12H14Cl2O3. The predicted molar refractivity (Wildman–Crippen MR) is 67.4 cm³/mol. The number of rotatable bonds is 3. The van der Waals surface area contributed by atoms with Gasteiger partial charge in [0.25, 0.3) is 0 Å². The molecule has 0 aliphatic carbocycles. The molecule has 0 fully saturated rings. The van der Waals surface area contributed by atoms with Gasteiger partial charge in [-0.05, 0) is 32.9 Å². The Morgan fingerprint density at radius 2 is 1.76 bits per heavy atom. The molecule has 1 atom stereocenters. The molecule has 0 aliphatic rings. The smallest absolute Gasteiger partial charge is 0.312 e. The summed E-state index contributed by atoms with van der Waals surface area (Å²) in [7, 11) is 0. The zero-order valence-electron chi connectivity index (χ0n) is 9.79. The quantitative estimate of drug-likeness (QED) is 0.891. The number of aliphatic hydroxyl groups is 1. The number of aliphatic carboxylic acids is 1. The Bertz CT molecular complexity index is 453. The normalized spacial score (nSPS) is 15.4. The Kier molecular flexibility index (Phi) is 3.77. The van der Waals surface area contributed by atoms with Gasteiger partial charge in [-0.15, -0.1) is 0 Å². The van der Waals surface area contributed by atoms with Gasteiger partial charge in [-0.3, -0.25) is 4.79 Å². The van der Waals surface area contributed by atoms with Gasteiger partial charge in [-0.25, -0.2) is 0 Å². The maximum Gasteiger partial charge on any atom is 0.312 e. The van der Waals surface area contributed by atoms with Crippen LogP contribution in [0.1, 0.15) is 26.3 Å². The first-order valence-corrected chi connectivity index (χ1v) is 5.77. The number of carboxylic acids is 1. The average molecular weight is 277 g/mol. The summed E-state index contributed by atoms with van der Waals surface area (Å²) < 4.78 is 0. The molecular weight excluding hydrogens is 263 g/mol. The molecule has 0 bridgehead atoms. The SMILES string of the molecule is CC(C)(C(=O)O)C(C)(O)c1ccc(Cl)cc1Cl. The highest BCUT2D eigenvalue weighted by Crippen LogP contribution is 2.42. The van der Waals surface area contributed by atoms with Gasteiger partial charge >= 0.3 is 5.97 Å². The second-order valence-electron chi connectivity index (χ2n) is 4.63. The van der Waals surface area contributed by atoms with Crippen molar-refractivity contribution < 1.29 is 15.0 Å². The molecule has 0 heterocycles. The molecule has 17 heavy (non-hydrogen) atoms. The molecule has 1 rings (SSSR count). The maximum atomic E-state index is 11.2. The summed E-state index contributed by atoms with van der Waals surface area (Å²) in [6.45, 7) is 4.32. The Morgan fingerprint density at radius 1 is 1.24 bits per heavy atom. The zero-order chi connectivity index (χ0) is 13.4. The van der Waals surface area contributed by atoms with Gasteiger partial charge in [0.15, 0.2) is 0 Å². The molecule has 0 aliphatic heterocycles. The van der Waals surface area contributed by atoms with Gasteiger partial charge in [0.1, 0.15) is 5.60 Å². The number of carbonyl (C=O) groups is 1. The summed E-state index contributed by atoms with van der Waals surface area (Å²) in [5.74, 6) is -1.10. The van der Waals surface area contributed by atoms with Crippen molar-refractivity contribution in [3.63, 3.8) is 0 Å². The average Bonchev–Trinajstić information content (AvgIpc) is 2.16. The fourth-order valence-electron chi connectivity index (χ4n) is 1.43. The fourth-order valence-corrected chi connectivity index (χ4v) is 2.02. The van der Waals surface area contributed by atoms with Gasteiger partial charge in [0.05, 0.1) is 5.41 Å². The van der Waals surface area contributed by atoms with Crippen LogP contribution in [0.15, 0.2) is 18.2 Å². The minimum absolute atomic E-state index is 0.247. The predicted octanol–water partition coefficient (Wildman–Crippen LogP) is 3.31. The topological polar surface area (TPSA) is 57.5 Å². The summed E-state index contributed by atoms with van der Waals surface area (Å²) in [5, 5.41) is 20.3. The lowest BCUT2D eigenvalue weighted by molar-refractivity contribution is -0.164. The Balaban J connectivity index is 3.35. The van der Waals surface area contributed by atoms with Crippen LogP contribution in [-0.4, -0.2) is 16.2 Å². The molecule has 1 aromatic carbocycles. The number of benzene rings is 1. The van der Waals surface area contributed by atoms with Gasteiger partial charge in [0, 0.05) is 15.6 Å². The summed E-state index contributed by atoms with van der Waals surface area (Å²) >= 11 is 11.7. The largest absolute Gasteiger partial charge is 0.481 e. The molecule has 3 nitrogen and oxygen atoms in total. The highest BCUT2D eigenvalue weighted by Gasteiger charge is 2.47. The first-order chi connectivity index (χ1) is 7.60. The molecule has 0 spiro atoms. The maximum absolute atomic E-state index is 11.2. The van der Waals surface area contributed by atoms with Crippen LogP contribution >= 0.6 is 23.2 Å². The molecule has 5 heteroatoms. The van der Waals surface area contributed by atoms with E-state index in [1.54, 1.807) is 6.07 Å². The van der Waals surface area contributed by atoms with E-state index in [-0.39, 0.29) is 5.02 Å². The first-order valence-electron chi connectivity index (χ1n) is 5.02. The summed E-state index contributed by atoms with van der Waals surface area (Å²) in [5.41, 5.74) is -2.62. The molecule has 0 amide bonds. The van der Waals surface area contributed by atoms with Crippen molar-refractivity contribution in [3.8, 4) is 0 Å². The van der Waals surface area contributed by atoms with Gasteiger partial charge in [-0.1, -0.05) is 29.3 Å². The zero-order valence-corrected chi connectivity index (χ0v) is 11.3. The van der Waals surface area contributed by atoms with Crippen molar-refractivity contribution in [2.75, 3.05) is 0 Å². The second-order valence-corrected chi connectivity index (χ2v) is 5.47. The molecule has 1 aromatic rings. The lowest BCUT2D eigenvalue weighted by Gasteiger charge is -2.37. The molecule has 0 aromatic heterocycles. The standard InChI is InChI=1S/C12H14Cl2O3/c1-11(2,10(15)16)12(3,17)8-5-4-7(13)6-9(8)14/h4-6,17H,1-3H3,(H,15,16).